The first-order valence-corrected chi connectivity index (χ1v) is 7.51. The van der Waals surface area contributed by atoms with Crippen LogP contribution in [-0.2, 0) is 20.9 Å². The van der Waals surface area contributed by atoms with Gasteiger partial charge in [-0.1, -0.05) is 48.5 Å². The summed E-state index contributed by atoms with van der Waals surface area (Å²) in [5.41, 5.74) is 8.49. The first-order chi connectivity index (χ1) is 11.1. The quantitative estimate of drug-likeness (QED) is 0.829. The van der Waals surface area contributed by atoms with Crippen LogP contribution in [0.3, 0.4) is 0 Å². The Balaban J connectivity index is 1.59. The van der Waals surface area contributed by atoms with Gasteiger partial charge in [0.25, 0.3) is 0 Å². The number of para-hydroxylation sites is 1. The van der Waals surface area contributed by atoms with Crippen LogP contribution in [0.1, 0.15) is 23.5 Å². The number of rotatable bonds is 5. The lowest BCUT2D eigenvalue weighted by Crippen LogP contribution is -2.35. The average Bonchev–Trinajstić information content (AvgIpc) is 2.89. The normalized spacial score (nSPS) is 17.3. The smallest absolute Gasteiger partial charge is 0.323 e. The fourth-order valence-corrected chi connectivity index (χ4v) is 2.70. The largest absolute Gasteiger partial charge is 0.460 e. The molecule has 0 radical (unpaired) electrons. The number of amides is 1. The Morgan fingerprint density at radius 3 is 2.61 bits per heavy atom. The van der Waals surface area contributed by atoms with Crippen molar-refractivity contribution >= 4 is 17.6 Å². The highest BCUT2D eigenvalue weighted by Gasteiger charge is 2.33. The van der Waals surface area contributed by atoms with Gasteiger partial charge in [-0.25, -0.2) is 0 Å². The number of esters is 1. The van der Waals surface area contributed by atoms with E-state index >= 15 is 0 Å². The highest BCUT2D eigenvalue weighted by Crippen LogP contribution is 2.34. The number of fused-ring (bicyclic) bond motifs is 1. The highest BCUT2D eigenvalue weighted by atomic mass is 16.5. The molecule has 0 aliphatic carbocycles. The van der Waals surface area contributed by atoms with Gasteiger partial charge >= 0.3 is 5.97 Å². The number of nitrogens with one attached hydrogen (secondary N) is 1. The van der Waals surface area contributed by atoms with Crippen molar-refractivity contribution in [1.82, 2.24) is 0 Å². The van der Waals surface area contributed by atoms with E-state index in [1.165, 1.54) is 0 Å². The third-order valence-corrected chi connectivity index (χ3v) is 3.93. The van der Waals surface area contributed by atoms with Crippen LogP contribution < -0.4 is 11.1 Å². The van der Waals surface area contributed by atoms with Crippen molar-refractivity contribution in [1.29, 1.82) is 0 Å². The second-order valence-electron chi connectivity index (χ2n) is 5.56. The first kappa shape index (κ1) is 15.2. The van der Waals surface area contributed by atoms with E-state index in [1.54, 1.807) is 0 Å². The van der Waals surface area contributed by atoms with Crippen LogP contribution in [0.4, 0.5) is 5.69 Å². The van der Waals surface area contributed by atoms with E-state index < -0.39 is 17.9 Å². The molecular weight excluding hydrogens is 292 g/mol. The number of hydrogen-bond donors (Lipinski definition) is 2. The molecule has 0 bridgehead atoms. The standard InChI is InChI=1S/C18H18N2O3/c19-15(18(22)23-11-12-6-2-1-3-7-12)10-14-13-8-4-5-9-16(13)20-17(14)21/h1-9,14-15H,10-11,19H2,(H,20,21)/t14?,15-/m0/s1. The Hall–Kier alpha value is -2.66. The molecule has 3 N–H and O–H groups in total. The van der Waals surface area contributed by atoms with Crippen molar-refractivity contribution in [2.24, 2.45) is 5.73 Å². The number of hydrogen-bond acceptors (Lipinski definition) is 4. The molecule has 2 atom stereocenters. The minimum absolute atomic E-state index is 0.127. The highest BCUT2D eigenvalue weighted by molar-refractivity contribution is 6.03. The SMILES string of the molecule is N[C@@H](CC1C(=O)Nc2ccccc21)C(=O)OCc1ccccc1. The van der Waals surface area contributed by atoms with Crippen molar-refractivity contribution in [2.45, 2.75) is 25.0 Å². The molecule has 1 heterocycles. The summed E-state index contributed by atoms with van der Waals surface area (Å²) in [5.74, 6) is -1.03. The van der Waals surface area contributed by atoms with E-state index in [2.05, 4.69) is 5.32 Å². The van der Waals surface area contributed by atoms with Gasteiger partial charge in [0.1, 0.15) is 12.6 Å². The lowest BCUT2D eigenvalue weighted by Gasteiger charge is -2.15. The second kappa shape index (κ2) is 6.62. The zero-order chi connectivity index (χ0) is 16.2. The Morgan fingerprint density at radius 1 is 1.13 bits per heavy atom. The Bertz CT molecular complexity index is 715. The lowest BCUT2D eigenvalue weighted by molar-refractivity contribution is -0.146. The summed E-state index contributed by atoms with van der Waals surface area (Å²) >= 11 is 0. The van der Waals surface area contributed by atoms with Crippen LogP contribution in [0, 0.1) is 0 Å². The third-order valence-electron chi connectivity index (χ3n) is 3.93. The predicted octanol–water partition coefficient (Wildman–Crippen LogP) is 2.18. The van der Waals surface area contributed by atoms with Gasteiger partial charge in [0.05, 0.1) is 5.92 Å². The van der Waals surface area contributed by atoms with Crippen LogP contribution in [0.25, 0.3) is 0 Å². The van der Waals surface area contributed by atoms with Crippen molar-refractivity contribution < 1.29 is 14.3 Å². The number of benzene rings is 2. The molecule has 118 valence electrons. The van der Waals surface area contributed by atoms with Crippen molar-refractivity contribution in [2.75, 3.05) is 5.32 Å². The van der Waals surface area contributed by atoms with Gasteiger partial charge in [-0.2, -0.15) is 0 Å². The molecule has 0 aromatic heterocycles. The maximum absolute atomic E-state index is 12.0. The van der Waals surface area contributed by atoms with E-state index in [4.69, 9.17) is 10.5 Å². The van der Waals surface area contributed by atoms with Crippen LogP contribution in [0.2, 0.25) is 0 Å². The zero-order valence-electron chi connectivity index (χ0n) is 12.6. The Labute approximate surface area is 134 Å². The molecular formula is C18H18N2O3. The summed E-state index contributed by atoms with van der Waals surface area (Å²) in [6.07, 6.45) is 0.233. The summed E-state index contributed by atoms with van der Waals surface area (Å²) in [6.45, 7) is 0.181. The van der Waals surface area contributed by atoms with E-state index in [0.29, 0.717) is 0 Å². The number of carbonyl (C=O) groups excluding carboxylic acids is 2. The second-order valence-corrected chi connectivity index (χ2v) is 5.56. The molecule has 23 heavy (non-hydrogen) atoms. The number of carbonyl (C=O) groups is 2. The van der Waals surface area contributed by atoms with Crippen molar-refractivity contribution in [3.8, 4) is 0 Å². The molecule has 0 fully saturated rings. The minimum atomic E-state index is -0.833. The zero-order valence-corrected chi connectivity index (χ0v) is 12.6. The molecule has 1 unspecified atom stereocenters. The van der Waals surface area contributed by atoms with Crippen LogP contribution in [-0.4, -0.2) is 17.9 Å². The first-order valence-electron chi connectivity index (χ1n) is 7.51. The van der Waals surface area contributed by atoms with Gasteiger partial charge in [-0.3, -0.25) is 9.59 Å². The maximum atomic E-state index is 12.0. The molecule has 5 nitrogen and oxygen atoms in total. The van der Waals surface area contributed by atoms with E-state index in [-0.39, 0.29) is 18.9 Å². The predicted molar refractivity (Wildman–Crippen MR) is 86.6 cm³/mol. The molecule has 0 saturated heterocycles. The van der Waals surface area contributed by atoms with Gasteiger partial charge < -0.3 is 15.8 Å². The molecule has 1 aliphatic heterocycles. The minimum Gasteiger partial charge on any atom is -0.460 e. The maximum Gasteiger partial charge on any atom is 0.323 e. The third kappa shape index (κ3) is 3.40. The topological polar surface area (TPSA) is 81.4 Å². The van der Waals surface area contributed by atoms with E-state index in [0.717, 1.165) is 16.8 Å². The molecule has 3 rings (SSSR count). The van der Waals surface area contributed by atoms with Crippen LogP contribution in [0.5, 0.6) is 0 Å². The number of ether oxygens (including phenoxy) is 1. The number of nitrogens with two attached hydrogens (primary N) is 1. The molecule has 0 spiro atoms. The Kier molecular flexibility index (Phi) is 4.39. The van der Waals surface area contributed by atoms with Crippen molar-refractivity contribution in [3.05, 3.63) is 65.7 Å². The van der Waals surface area contributed by atoms with Gasteiger partial charge in [-0.05, 0) is 23.6 Å². The van der Waals surface area contributed by atoms with Gasteiger partial charge in [-0.15, -0.1) is 0 Å². The van der Waals surface area contributed by atoms with Crippen LogP contribution in [0.15, 0.2) is 54.6 Å². The summed E-state index contributed by atoms with van der Waals surface area (Å²) in [4.78, 5) is 24.1. The van der Waals surface area contributed by atoms with Crippen molar-refractivity contribution in [3.63, 3.8) is 0 Å². The molecule has 1 aliphatic rings. The monoisotopic (exact) mass is 310 g/mol. The van der Waals surface area contributed by atoms with Gasteiger partial charge in [0.2, 0.25) is 5.91 Å². The summed E-state index contributed by atoms with van der Waals surface area (Å²) in [6, 6.07) is 16.0. The molecule has 2 aromatic rings. The summed E-state index contributed by atoms with van der Waals surface area (Å²) in [7, 11) is 0. The van der Waals surface area contributed by atoms with Crippen LogP contribution >= 0.6 is 0 Å². The molecule has 2 aromatic carbocycles. The fourth-order valence-electron chi connectivity index (χ4n) is 2.70. The molecule has 0 saturated carbocycles. The summed E-state index contributed by atoms with van der Waals surface area (Å²) in [5, 5.41) is 2.80. The summed E-state index contributed by atoms with van der Waals surface area (Å²) < 4.78 is 5.23. The fraction of sp³-hybridized carbons (Fsp3) is 0.222. The van der Waals surface area contributed by atoms with E-state index in [9.17, 15) is 9.59 Å². The van der Waals surface area contributed by atoms with Gasteiger partial charge in [0, 0.05) is 5.69 Å². The molecule has 1 amide bonds. The Morgan fingerprint density at radius 2 is 1.83 bits per heavy atom. The molecule has 5 heteroatoms. The van der Waals surface area contributed by atoms with E-state index in [1.807, 2.05) is 54.6 Å². The van der Waals surface area contributed by atoms with Gasteiger partial charge in [0.15, 0.2) is 0 Å². The lowest BCUT2D eigenvalue weighted by atomic mass is 9.94. The average molecular weight is 310 g/mol. The number of anilines is 1.